The highest BCUT2D eigenvalue weighted by molar-refractivity contribution is 7.92. The molecule has 2 atom stereocenters. The number of alkyl halides is 3. The first-order valence-electron chi connectivity index (χ1n) is 11.2. The maximum Gasteiger partial charge on any atom is 0.501 e. The largest absolute Gasteiger partial charge is 0.501 e. The van der Waals surface area contributed by atoms with Crippen LogP contribution in [0.5, 0.6) is 0 Å². The summed E-state index contributed by atoms with van der Waals surface area (Å²) in [7, 11) is -5.61. The van der Waals surface area contributed by atoms with Crippen LogP contribution in [0.1, 0.15) is 24.2 Å². The molecule has 0 spiro atoms. The van der Waals surface area contributed by atoms with Crippen LogP contribution >= 0.6 is 0 Å². The van der Waals surface area contributed by atoms with Crippen LogP contribution in [-0.4, -0.2) is 47.7 Å². The van der Waals surface area contributed by atoms with Crippen molar-refractivity contribution in [1.82, 2.24) is 15.2 Å². The van der Waals surface area contributed by atoms with Crippen LogP contribution in [-0.2, 0) is 25.8 Å². The van der Waals surface area contributed by atoms with Gasteiger partial charge in [-0.2, -0.15) is 13.2 Å². The third-order valence-corrected chi connectivity index (χ3v) is 7.42. The predicted octanol–water partition coefficient (Wildman–Crippen LogP) is 3.59. The van der Waals surface area contributed by atoms with Crippen molar-refractivity contribution in [2.45, 2.75) is 36.0 Å². The summed E-state index contributed by atoms with van der Waals surface area (Å²) in [5.74, 6) is -1.14. The van der Waals surface area contributed by atoms with Gasteiger partial charge >= 0.3 is 11.5 Å². The molecule has 0 bridgehead atoms. The number of nitrogens with zero attached hydrogens (tertiary/aromatic N) is 3. The number of sulfone groups is 1. The van der Waals surface area contributed by atoms with Crippen LogP contribution < -0.4 is 10.2 Å². The first kappa shape index (κ1) is 26.8. The molecule has 1 aliphatic heterocycles. The van der Waals surface area contributed by atoms with Crippen molar-refractivity contribution in [3.63, 3.8) is 0 Å². The van der Waals surface area contributed by atoms with Gasteiger partial charge in [0.2, 0.25) is 5.91 Å². The van der Waals surface area contributed by atoms with Crippen LogP contribution in [0.4, 0.5) is 23.7 Å². The maximum absolute atomic E-state index is 13.5. The van der Waals surface area contributed by atoms with Gasteiger partial charge in [0.05, 0.1) is 17.0 Å². The Morgan fingerprint density at radius 2 is 1.61 bits per heavy atom. The monoisotopic (exact) mass is 546 g/mol. The van der Waals surface area contributed by atoms with Gasteiger partial charge in [0.25, 0.3) is 15.7 Å². The number of urea groups is 1. The Morgan fingerprint density at radius 1 is 1.00 bits per heavy atom. The van der Waals surface area contributed by atoms with Crippen molar-refractivity contribution < 1.29 is 36.0 Å². The number of carbonyl (C=O) groups excluding carboxylic acids is 3. The van der Waals surface area contributed by atoms with Gasteiger partial charge in [0.15, 0.2) is 0 Å². The second-order valence-electron chi connectivity index (χ2n) is 8.40. The fraction of sp³-hybridized carbons (Fsp3) is 0.200. The zero-order valence-corrected chi connectivity index (χ0v) is 20.6. The minimum Gasteiger partial charge on any atom is -0.331 e. The number of anilines is 1. The molecule has 38 heavy (non-hydrogen) atoms. The minimum absolute atomic E-state index is 0.00559. The number of nitrogens with one attached hydrogen (secondary N) is 1. The van der Waals surface area contributed by atoms with Gasteiger partial charge in [-0.05, 0) is 54.4 Å². The van der Waals surface area contributed by atoms with Crippen molar-refractivity contribution in [2.24, 2.45) is 0 Å². The number of aromatic nitrogens is 1. The van der Waals surface area contributed by atoms with E-state index in [4.69, 9.17) is 0 Å². The summed E-state index contributed by atoms with van der Waals surface area (Å²) in [6, 6.07) is 13.3. The molecule has 2 aromatic carbocycles. The molecule has 0 aliphatic carbocycles. The minimum atomic E-state index is -5.61. The fourth-order valence-electron chi connectivity index (χ4n) is 4.00. The summed E-state index contributed by atoms with van der Waals surface area (Å²) in [5.41, 5.74) is -4.44. The average Bonchev–Trinajstić information content (AvgIpc) is 3.10. The van der Waals surface area contributed by atoms with Gasteiger partial charge in [-0.15, -0.1) is 0 Å². The van der Waals surface area contributed by atoms with E-state index in [-0.39, 0.29) is 12.1 Å². The second kappa shape index (κ2) is 10.2. The van der Waals surface area contributed by atoms with Crippen LogP contribution in [0.3, 0.4) is 0 Å². The Balaban J connectivity index is 1.64. The summed E-state index contributed by atoms with van der Waals surface area (Å²) in [6.07, 6.45) is 1.84. The summed E-state index contributed by atoms with van der Waals surface area (Å²) in [6.45, 7) is 1.44. The number of amides is 4. The molecule has 3 aromatic rings. The molecule has 1 N–H and O–H groups in total. The van der Waals surface area contributed by atoms with Gasteiger partial charge in [-0.1, -0.05) is 30.3 Å². The topological polar surface area (TPSA) is 117 Å². The molecule has 4 amide bonds. The number of hydrogen-bond acceptors (Lipinski definition) is 6. The number of hydrogen-bond donors (Lipinski definition) is 1. The Bertz CT molecular complexity index is 1450. The van der Waals surface area contributed by atoms with Crippen LogP contribution in [0.2, 0.25) is 0 Å². The molecular weight excluding hydrogens is 525 g/mol. The van der Waals surface area contributed by atoms with E-state index >= 15 is 0 Å². The lowest BCUT2D eigenvalue weighted by Gasteiger charge is -2.31. The first-order chi connectivity index (χ1) is 17.9. The van der Waals surface area contributed by atoms with Crippen molar-refractivity contribution in [2.75, 3.05) is 4.90 Å². The van der Waals surface area contributed by atoms with Crippen LogP contribution in [0.15, 0.2) is 84.0 Å². The van der Waals surface area contributed by atoms with E-state index in [1.165, 1.54) is 19.3 Å². The van der Waals surface area contributed by atoms with Crippen molar-refractivity contribution >= 4 is 33.4 Å². The fourth-order valence-corrected chi connectivity index (χ4v) is 4.77. The van der Waals surface area contributed by atoms with Crippen molar-refractivity contribution in [3.8, 4) is 0 Å². The Labute approximate surface area is 215 Å². The van der Waals surface area contributed by atoms with E-state index in [0.717, 1.165) is 27.5 Å². The highest BCUT2D eigenvalue weighted by Crippen LogP contribution is 2.34. The Morgan fingerprint density at radius 3 is 2.18 bits per heavy atom. The highest BCUT2D eigenvalue weighted by Gasteiger charge is 2.49. The van der Waals surface area contributed by atoms with E-state index in [0.29, 0.717) is 17.7 Å². The van der Waals surface area contributed by atoms with E-state index in [1.54, 1.807) is 42.5 Å². The zero-order valence-electron chi connectivity index (χ0n) is 19.8. The molecule has 0 saturated carbocycles. The first-order valence-corrected chi connectivity index (χ1v) is 12.7. The summed E-state index contributed by atoms with van der Waals surface area (Å²) < 4.78 is 62.0. The number of benzene rings is 2. The molecular formula is C25H21F3N4O5S. The summed E-state index contributed by atoms with van der Waals surface area (Å²) in [4.78, 5) is 44.3. The number of rotatable bonds is 7. The quantitative estimate of drug-likeness (QED) is 0.453. The van der Waals surface area contributed by atoms with Gasteiger partial charge in [-0.25, -0.2) is 18.1 Å². The van der Waals surface area contributed by atoms with Gasteiger partial charge < -0.3 is 5.32 Å². The molecule has 0 radical (unpaired) electrons. The molecule has 198 valence electrons. The second-order valence-corrected chi connectivity index (χ2v) is 10.3. The lowest BCUT2D eigenvalue weighted by Crippen LogP contribution is -2.46. The lowest BCUT2D eigenvalue weighted by molar-refractivity contribution is -0.124. The molecule has 1 aliphatic rings. The maximum atomic E-state index is 13.5. The van der Waals surface area contributed by atoms with Crippen molar-refractivity contribution in [1.29, 1.82) is 0 Å². The van der Waals surface area contributed by atoms with Gasteiger partial charge in [-0.3, -0.25) is 19.5 Å². The van der Waals surface area contributed by atoms with E-state index in [1.807, 2.05) is 0 Å². The number of pyridine rings is 1. The average molecular weight is 547 g/mol. The molecule has 1 aromatic heterocycles. The molecule has 4 rings (SSSR count). The van der Waals surface area contributed by atoms with Crippen LogP contribution in [0.25, 0.3) is 0 Å². The Hall–Kier alpha value is -4.26. The molecule has 1 saturated heterocycles. The number of halogens is 3. The standard InChI is InChI=1S/C25H21F3N4O5S/c1-16-23(34)32(19-7-9-20(10-8-19)38(36,37)25(26,27)28)24(35)31(16)22(18-11-13-29-14-12-18)30-21(33)15-17-5-3-2-4-6-17/h2-14,16,22H,15H2,1H3,(H,30,33). The zero-order chi connectivity index (χ0) is 27.7. The molecule has 1 fully saturated rings. The number of carbonyl (C=O) groups is 3. The lowest BCUT2D eigenvalue weighted by atomic mass is 10.1. The number of imide groups is 1. The van der Waals surface area contributed by atoms with Crippen LogP contribution in [0, 0.1) is 0 Å². The summed E-state index contributed by atoms with van der Waals surface area (Å²) >= 11 is 0. The third-order valence-electron chi connectivity index (χ3n) is 5.92. The Kier molecular flexibility index (Phi) is 7.22. The highest BCUT2D eigenvalue weighted by atomic mass is 32.2. The summed E-state index contributed by atoms with van der Waals surface area (Å²) in [5, 5.41) is 2.78. The third kappa shape index (κ3) is 5.09. The van der Waals surface area contributed by atoms with E-state index < -0.39 is 50.3 Å². The van der Waals surface area contributed by atoms with E-state index in [9.17, 15) is 36.0 Å². The molecule has 2 unspecified atom stereocenters. The molecule has 9 nitrogen and oxygen atoms in total. The van der Waals surface area contributed by atoms with Gasteiger partial charge in [0, 0.05) is 12.4 Å². The van der Waals surface area contributed by atoms with Gasteiger partial charge in [0.1, 0.15) is 12.2 Å². The normalized spacial score (nSPS) is 17.0. The molecule has 13 heteroatoms. The van der Waals surface area contributed by atoms with Crippen molar-refractivity contribution in [3.05, 3.63) is 90.3 Å². The molecule has 2 heterocycles. The van der Waals surface area contributed by atoms with E-state index in [2.05, 4.69) is 10.3 Å². The predicted molar refractivity (Wildman–Crippen MR) is 129 cm³/mol. The SMILES string of the molecule is CC1C(=O)N(c2ccc(S(=O)(=O)C(F)(F)F)cc2)C(=O)N1C(NC(=O)Cc1ccccc1)c1ccncc1. The smallest absolute Gasteiger partial charge is 0.331 e.